The van der Waals surface area contributed by atoms with Gasteiger partial charge in [-0.15, -0.1) is 23.2 Å². The van der Waals surface area contributed by atoms with Crippen LogP contribution in [0, 0.1) is 5.92 Å². The van der Waals surface area contributed by atoms with Crippen molar-refractivity contribution in [2.24, 2.45) is 5.92 Å². The van der Waals surface area contributed by atoms with Gasteiger partial charge < -0.3 is 4.90 Å². The summed E-state index contributed by atoms with van der Waals surface area (Å²) in [5.74, 6) is 2.54. The maximum Gasteiger partial charge on any atom is 0.0226 e. The number of piperidine rings is 1. The van der Waals surface area contributed by atoms with E-state index in [2.05, 4.69) is 4.90 Å². The number of likely N-dealkylation sites (tertiary alicyclic amines) is 1. The van der Waals surface area contributed by atoms with Gasteiger partial charge in [0.1, 0.15) is 0 Å². The zero-order chi connectivity index (χ0) is 10.9. The van der Waals surface area contributed by atoms with Gasteiger partial charge in [0.2, 0.25) is 0 Å². The molecule has 1 nitrogen and oxygen atoms in total. The Morgan fingerprint density at radius 1 is 0.933 bits per heavy atom. The lowest BCUT2D eigenvalue weighted by Crippen LogP contribution is -2.34. The van der Waals surface area contributed by atoms with Crippen LogP contribution >= 0.6 is 23.2 Å². The summed E-state index contributed by atoms with van der Waals surface area (Å²) >= 11 is 11.4. The van der Waals surface area contributed by atoms with Crippen LogP contribution in [-0.2, 0) is 0 Å². The number of rotatable bonds is 7. The minimum Gasteiger partial charge on any atom is -0.303 e. The fourth-order valence-corrected chi connectivity index (χ4v) is 2.76. The van der Waals surface area contributed by atoms with Gasteiger partial charge in [-0.05, 0) is 57.7 Å². The van der Waals surface area contributed by atoms with Gasteiger partial charge in [0.15, 0.2) is 0 Å². The Hall–Kier alpha value is 0.540. The zero-order valence-corrected chi connectivity index (χ0v) is 11.1. The van der Waals surface area contributed by atoms with Gasteiger partial charge in [-0.3, -0.25) is 0 Å². The normalized spacial score (nSPS) is 19.6. The summed E-state index contributed by atoms with van der Waals surface area (Å²) in [6.45, 7) is 3.83. The number of alkyl halides is 2. The standard InChI is InChI=1S/C12H23Cl2N/c13-7-2-1-3-9-15-10-5-12(4-8-14)6-11-15/h12H,1-11H2. The molecule has 0 N–H and O–H groups in total. The van der Waals surface area contributed by atoms with Crippen molar-refractivity contribution in [2.45, 2.75) is 38.5 Å². The molecule has 1 aliphatic heterocycles. The first-order chi connectivity index (χ1) is 7.36. The first-order valence-electron chi connectivity index (χ1n) is 6.21. The third-order valence-electron chi connectivity index (χ3n) is 3.33. The van der Waals surface area contributed by atoms with E-state index in [9.17, 15) is 0 Å². The van der Waals surface area contributed by atoms with Crippen molar-refractivity contribution >= 4 is 23.2 Å². The van der Waals surface area contributed by atoms with E-state index in [0.717, 1.165) is 17.7 Å². The average molecular weight is 252 g/mol. The third-order valence-corrected chi connectivity index (χ3v) is 3.82. The van der Waals surface area contributed by atoms with Gasteiger partial charge in [0.25, 0.3) is 0 Å². The molecule has 0 atom stereocenters. The molecule has 0 bridgehead atoms. The number of unbranched alkanes of at least 4 members (excludes halogenated alkanes) is 2. The van der Waals surface area contributed by atoms with E-state index in [1.165, 1.54) is 58.2 Å². The molecule has 1 aliphatic rings. The van der Waals surface area contributed by atoms with Gasteiger partial charge >= 0.3 is 0 Å². The highest BCUT2D eigenvalue weighted by molar-refractivity contribution is 6.18. The Kier molecular flexibility index (Phi) is 7.86. The van der Waals surface area contributed by atoms with Gasteiger partial charge in [-0.1, -0.05) is 6.42 Å². The van der Waals surface area contributed by atoms with Crippen LogP contribution in [0.1, 0.15) is 38.5 Å². The number of hydrogen-bond acceptors (Lipinski definition) is 1. The Bertz CT molecular complexity index is 142. The van der Waals surface area contributed by atoms with Crippen molar-refractivity contribution < 1.29 is 0 Å². The largest absolute Gasteiger partial charge is 0.303 e. The van der Waals surface area contributed by atoms with Gasteiger partial charge in [0, 0.05) is 11.8 Å². The molecule has 0 spiro atoms. The molecule has 3 heteroatoms. The van der Waals surface area contributed by atoms with E-state index in [4.69, 9.17) is 23.2 Å². The van der Waals surface area contributed by atoms with Crippen LogP contribution in [0.15, 0.2) is 0 Å². The van der Waals surface area contributed by atoms with Crippen molar-refractivity contribution in [3.63, 3.8) is 0 Å². The fourth-order valence-electron chi connectivity index (χ4n) is 2.26. The van der Waals surface area contributed by atoms with Crippen LogP contribution < -0.4 is 0 Å². The van der Waals surface area contributed by atoms with E-state index in [0.29, 0.717) is 0 Å². The van der Waals surface area contributed by atoms with E-state index in [1.807, 2.05) is 0 Å². The molecular formula is C12H23Cl2N. The molecule has 0 unspecified atom stereocenters. The molecule has 0 saturated carbocycles. The van der Waals surface area contributed by atoms with Crippen molar-refractivity contribution in [3.05, 3.63) is 0 Å². The van der Waals surface area contributed by atoms with Crippen LogP contribution in [0.25, 0.3) is 0 Å². The topological polar surface area (TPSA) is 3.24 Å². The maximum atomic E-state index is 5.76. The summed E-state index contributed by atoms with van der Waals surface area (Å²) in [6.07, 6.45) is 7.67. The summed E-state index contributed by atoms with van der Waals surface area (Å²) in [6, 6.07) is 0. The summed E-state index contributed by atoms with van der Waals surface area (Å²) in [5, 5.41) is 0. The minimum absolute atomic E-state index is 0.817. The van der Waals surface area contributed by atoms with Crippen molar-refractivity contribution in [2.75, 3.05) is 31.4 Å². The second-order valence-corrected chi connectivity index (χ2v) is 5.27. The molecule has 0 aliphatic carbocycles. The highest BCUT2D eigenvalue weighted by Gasteiger charge is 2.17. The minimum atomic E-state index is 0.817. The van der Waals surface area contributed by atoms with Crippen LogP contribution in [0.4, 0.5) is 0 Å². The van der Waals surface area contributed by atoms with E-state index < -0.39 is 0 Å². The Labute approximate surface area is 104 Å². The van der Waals surface area contributed by atoms with Crippen molar-refractivity contribution in [1.82, 2.24) is 4.90 Å². The summed E-state index contributed by atoms with van der Waals surface area (Å²) in [4.78, 5) is 2.60. The second-order valence-electron chi connectivity index (χ2n) is 4.51. The predicted molar refractivity (Wildman–Crippen MR) is 69.1 cm³/mol. The van der Waals surface area contributed by atoms with Gasteiger partial charge in [0.05, 0.1) is 0 Å². The molecule has 0 amide bonds. The number of nitrogens with zero attached hydrogens (tertiary/aromatic N) is 1. The van der Waals surface area contributed by atoms with Crippen LogP contribution in [0.5, 0.6) is 0 Å². The van der Waals surface area contributed by atoms with Gasteiger partial charge in [-0.2, -0.15) is 0 Å². The van der Waals surface area contributed by atoms with Crippen LogP contribution in [-0.4, -0.2) is 36.3 Å². The lowest BCUT2D eigenvalue weighted by Gasteiger charge is -2.31. The molecule has 0 aromatic carbocycles. The molecule has 1 saturated heterocycles. The predicted octanol–water partition coefficient (Wildman–Crippen LogP) is 3.74. The molecule has 90 valence electrons. The van der Waals surface area contributed by atoms with E-state index >= 15 is 0 Å². The lowest BCUT2D eigenvalue weighted by atomic mass is 9.94. The lowest BCUT2D eigenvalue weighted by molar-refractivity contribution is 0.179. The smallest absolute Gasteiger partial charge is 0.0226 e. The third kappa shape index (κ3) is 5.99. The maximum absolute atomic E-state index is 5.76. The second kappa shape index (κ2) is 8.66. The molecule has 0 aromatic rings. The highest BCUT2D eigenvalue weighted by atomic mass is 35.5. The molecule has 1 rings (SSSR count). The average Bonchev–Trinajstić information content (AvgIpc) is 2.27. The Morgan fingerprint density at radius 3 is 2.27 bits per heavy atom. The fraction of sp³-hybridized carbons (Fsp3) is 1.00. The van der Waals surface area contributed by atoms with E-state index in [-0.39, 0.29) is 0 Å². The monoisotopic (exact) mass is 251 g/mol. The highest BCUT2D eigenvalue weighted by Crippen LogP contribution is 2.21. The van der Waals surface area contributed by atoms with Gasteiger partial charge in [-0.25, -0.2) is 0 Å². The molecule has 0 radical (unpaired) electrons. The molecule has 1 fully saturated rings. The van der Waals surface area contributed by atoms with Crippen molar-refractivity contribution in [3.8, 4) is 0 Å². The zero-order valence-electron chi connectivity index (χ0n) is 9.56. The SMILES string of the molecule is ClCCCCCN1CCC(CCCl)CC1. The Balaban J connectivity index is 1.99. The van der Waals surface area contributed by atoms with Crippen LogP contribution in [0.3, 0.4) is 0 Å². The first kappa shape index (κ1) is 13.6. The number of hydrogen-bond donors (Lipinski definition) is 0. The number of halogens is 2. The Morgan fingerprint density at radius 2 is 1.67 bits per heavy atom. The summed E-state index contributed by atoms with van der Waals surface area (Å²) in [7, 11) is 0. The van der Waals surface area contributed by atoms with Crippen molar-refractivity contribution in [1.29, 1.82) is 0 Å². The molecule has 1 heterocycles. The molecule has 15 heavy (non-hydrogen) atoms. The summed E-state index contributed by atoms with van der Waals surface area (Å²) < 4.78 is 0. The molecular weight excluding hydrogens is 229 g/mol. The van der Waals surface area contributed by atoms with E-state index in [1.54, 1.807) is 0 Å². The first-order valence-corrected chi connectivity index (χ1v) is 7.28. The van der Waals surface area contributed by atoms with Crippen LogP contribution in [0.2, 0.25) is 0 Å². The summed E-state index contributed by atoms with van der Waals surface area (Å²) in [5.41, 5.74) is 0. The molecule has 0 aromatic heterocycles. The quantitative estimate of drug-likeness (QED) is 0.493.